The van der Waals surface area contributed by atoms with Gasteiger partial charge in [0, 0.05) is 40.4 Å². The molecule has 2 heterocycles. The van der Waals surface area contributed by atoms with Crippen molar-refractivity contribution in [1.82, 2.24) is 10.2 Å². The molecule has 0 aromatic heterocycles. The summed E-state index contributed by atoms with van der Waals surface area (Å²) < 4.78 is 11.5. The third-order valence-electron chi connectivity index (χ3n) is 5.31. The van der Waals surface area contributed by atoms with E-state index in [0.29, 0.717) is 11.6 Å². The van der Waals surface area contributed by atoms with E-state index in [1.165, 1.54) is 58.2 Å². The predicted molar refractivity (Wildman–Crippen MR) is 80.9 cm³/mol. The van der Waals surface area contributed by atoms with Crippen LogP contribution in [0.25, 0.3) is 0 Å². The summed E-state index contributed by atoms with van der Waals surface area (Å²) in [6.07, 6.45) is 10.5. The van der Waals surface area contributed by atoms with Crippen molar-refractivity contribution in [3.8, 4) is 0 Å². The summed E-state index contributed by atoms with van der Waals surface area (Å²) in [5.74, 6) is 1.86. The largest absolute Gasteiger partial charge is 0.310 e. The summed E-state index contributed by atoms with van der Waals surface area (Å²) in [7, 11) is -0.525. The van der Waals surface area contributed by atoms with Crippen LogP contribution in [0.15, 0.2) is 0 Å². The van der Waals surface area contributed by atoms with E-state index in [-0.39, 0.29) is 0 Å². The van der Waals surface area contributed by atoms with Gasteiger partial charge in [0.2, 0.25) is 0 Å². The molecule has 1 aliphatic carbocycles. The van der Waals surface area contributed by atoms with Gasteiger partial charge >= 0.3 is 0 Å². The molecule has 3 rings (SSSR count). The molecule has 4 heteroatoms. The minimum absolute atomic E-state index is 0.408. The smallest absolute Gasteiger partial charge is 0.0308 e. The fraction of sp³-hybridized carbons (Fsp3) is 1.00. The summed E-state index contributed by atoms with van der Waals surface area (Å²) in [6.45, 7) is 3.67. The second kappa shape index (κ2) is 6.23. The van der Waals surface area contributed by atoms with Crippen LogP contribution < -0.4 is 5.32 Å². The third-order valence-corrected chi connectivity index (χ3v) is 6.69. The lowest BCUT2D eigenvalue weighted by molar-refractivity contribution is 0.122. The predicted octanol–water partition coefficient (Wildman–Crippen LogP) is 1.90. The fourth-order valence-corrected chi connectivity index (χ4v) is 5.46. The molecule has 0 atom stereocenters. The van der Waals surface area contributed by atoms with Crippen LogP contribution in [0.4, 0.5) is 0 Å². The van der Waals surface area contributed by atoms with Crippen molar-refractivity contribution in [1.29, 1.82) is 0 Å². The summed E-state index contributed by atoms with van der Waals surface area (Å²) >= 11 is 0. The maximum atomic E-state index is 11.5. The Bertz CT molecular complexity index is 318. The van der Waals surface area contributed by atoms with Gasteiger partial charge in [-0.05, 0) is 45.2 Å². The first-order valence-electron chi connectivity index (χ1n) is 8.12. The normalized spacial score (nSPS) is 37.1. The maximum absolute atomic E-state index is 11.5. The molecule has 1 spiro atoms. The van der Waals surface area contributed by atoms with Gasteiger partial charge in [-0.1, -0.05) is 19.3 Å². The summed E-state index contributed by atoms with van der Waals surface area (Å²) in [5.41, 5.74) is 0.408. The maximum Gasteiger partial charge on any atom is 0.0308 e. The highest BCUT2D eigenvalue weighted by atomic mass is 32.2. The van der Waals surface area contributed by atoms with Crippen molar-refractivity contribution >= 4 is 10.8 Å². The zero-order valence-corrected chi connectivity index (χ0v) is 12.8. The molecular weight excluding hydrogens is 256 g/mol. The molecule has 0 aromatic carbocycles. The van der Waals surface area contributed by atoms with Gasteiger partial charge in [-0.25, -0.2) is 0 Å². The third kappa shape index (κ3) is 3.40. The Balaban J connectivity index is 1.65. The van der Waals surface area contributed by atoms with Crippen LogP contribution in [-0.2, 0) is 10.8 Å². The van der Waals surface area contributed by atoms with Crippen molar-refractivity contribution in [2.24, 2.45) is 0 Å². The standard InChI is InChI=1S/C15H28N2OS/c18-19-11-5-14(6-12-19)17-10-4-9-16-15(13-17)7-2-1-3-8-15/h14,16H,1-13H2. The average Bonchev–Trinajstić information content (AvgIpc) is 2.64. The van der Waals surface area contributed by atoms with Gasteiger partial charge in [-0.2, -0.15) is 0 Å². The van der Waals surface area contributed by atoms with Gasteiger partial charge < -0.3 is 5.32 Å². The Hall–Kier alpha value is 0.0700. The average molecular weight is 284 g/mol. The number of hydrogen-bond donors (Lipinski definition) is 1. The molecule has 0 unspecified atom stereocenters. The van der Waals surface area contributed by atoms with Crippen molar-refractivity contribution in [3.63, 3.8) is 0 Å². The SMILES string of the molecule is O=S1CCC(N2CCCNC3(CCCCC3)C2)CC1. The molecule has 0 radical (unpaired) electrons. The van der Waals surface area contributed by atoms with E-state index in [4.69, 9.17) is 0 Å². The molecule has 1 saturated carbocycles. The van der Waals surface area contributed by atoms with Crippen molar-refractivity contribution in [2.75, 3.05) is 31.1 Å². The highest BCUT2D eigenvalue weighted by Crippen LogP contribution is 2.32. The first kappa shape index (κ1) is 14.0. The fourth-order valence-electron chi connectivity index (χ4n) is 4.18. The molecule has 3 nitrogen and oxygen atoms in total. The molecule has 2 saturated heterocycles. The molecule has 1 N–H and O–H groups in total. The van der Waals surface area contributed by atoms with Crippen molar-refractivity contribution in [3.05, 3.63) is 0 Å². The number of nitrogens with zero attached hydrogens (tertiary/aromatic N) is 1. The van der Waals surface area contributed by atoms with Crippen molar-refractivity contribution < 1.29 is 4.21 Å². The second-order valence-corrected chi connectivity index (χ2v) is 8.37. The van der Waals surface area contributed by atoms with E-state index in [1.54, 1.807) is 0 Å². The van der Waals surface area contributed by atoms with Crippen LogP contribution in [0.2, 0.25) is 0 Å². The van der Waals surface area contributed by atoms with Crippen LogP contribution >= 0.6 is 0 Å². The van der Waals surface area contributed by atoms with Gasteiger partial charge in [0.25, 0.3) is 0 Å². The lowest BCUT2D eigenvalue weighted by Crippen LogP contribution is -2.55. The van der Waals surface area contributed by atoms with E-state index < -0.39 is 10.8 Å². The first-order chi connectivity index (χ1) is 9.27. The van der Waals surface area contributed by atoms with E-state index >= 15 is 0 Å². The molecule has 3 aliphatic rings. The minimum Gasteiger partial charge on any atom is -0.310 e. The topological polar surface area (TPSA) is 32.3 Å². The minimum atomic E-state index is -0.525. The second-order valence-electron chi connectivity index (χ2n) is 6.67. The zero-order chi connectivity index (χ0) is 13.1. The molecule has 0 aromatic rings. The molecule has 110 valence electrons. The Morgan fingerprint density at radius 2 is 1.79 bits per heavy atom. The Labute approximate surface area is 120 Å². The van der Waals surface area contributed by atoms with E-state index in [2.05, 4.69) is 10.2 Å². The monoisotopic (exact) mass is 284 g/mol. The van der Waals surface area contributed by atoms with E-state index in [1.807, 2.05) is 0 Å². The van der Waals surface area contributed by atoms with Gasteiger partial charge in [0.1, 0.15) is 0 Å². The van der Waals surface area contributed by atoms with E-state index in [9.17, 15) is 4.21 Å². The highest BCUT2D eigenvalue weighted by Gasteiger charge is 2.37. The summed E-state index contributed by atoms with van der Waals surface area (Å²) in [4.78, 5) is 2.74. The number of rotatable bonds is 1. The Morgan fingerprint density at radius 3 is 2.53 bits per heavy atom. The number of hydrogen-bond acceptors (Lipinski definition) is 3. The Morgan fingerprint density at radius 1 is 1.05 bits per heavy atom. The van der Waals surface area contributed by atoms with Crippen molar-refractivity contribution in [2.45, 2.75) is 62.9 Å². The van der Waals surface area contributed by atoms with Gasteiger partial charge in [0.15, 0.2) is 0 Å². The number of nitrogens with one attached hydrogen (secondary N) is 1. The Kier molecular flexibility index (Phi) is 4.60. The molecule has 0 bridgehead atoms. The quantitative estimate of drug-likeness (QED) is 0.798. The lowest BCUT2D eigenvalue weighted by atomic mass is 9.81. The first-order valence-corrected chi connectivity index (χ1v) is 9.60. The van der Waals surface area contributed by atoms with Gasteiger partial charge in [0.05, 0.1) is 0 Å². The molecule has 2 aliphatic heterocycles. The lowest BCUT2D eigenvalue weighted by Gasteiger charge is -2.43. The van der Waals surface area contributed by atoms with E-state index in [0.717, 1.165) is 24.3 Å². The zero-order valence-electron chi connectivity index (χ0n) is 12.0. The van der Waals surface area contributed by atoms with Crippen LogP contribution in [0, 0.1) is 0 Å². The van der Waals surface area contributed by atoms with Crippen LogP contribution in [0.5, 0.6) is 0 Å². The highest BCUT2D eigenvalue weighted by molar-refractivity contribution is 7.85. The van der Waals surface area contributed by atoms with Crippen LogP contribution in [0.3, 0.4) is 0 Å². The molecular formula is C15H28N2OS. The van der Waals surface area contributed by atoms with Gasteiger partial charge in [-0.3, -0.25) is 9.11 Å². The molecule has 19 heavy (non-hydrogen) atoms. The summed E-state index contributed by atoms with van der Waals surface area (Å²) in [5, 5.41) is 3.87. The molecule has 0 amide bonds. The van der Waals surface area contributed by atoms with Gasteiger partial charge in [-0.15, -0.1) is 0 Å². The van der Waals surface area contributed by atoms with Crippen LogP contribution in [0.1, 0.15) is 51.4 Å². The van der Waals surface area contributed by atoms with Crippen LogP contribution in [-0.4, -0.2) is 51.8 Å². The molecule has 3 fully saturated rings. The summed E-state index contributed by atoms with van der Waals surface area (Å²) in [6, 6.07) is 0.705.